The molecule has 0 radical (unpaired) electrons. The zero-order valence-corrected chi connectivity index (χ0v) is 21.3. The summed E-state index contributed by atoms with van der Waals surface area (Å²) in [5.74, 6) is 1.68. The molecule has 34 heavy (non-hydrogen) atoms. The SMILES string of the molecule is CC(C)(N)C(=O)NCC[C@@H]1[C@@H](Nc2nccc(N3CCCCCC3)n2)CCN1C1CCCCC1. The van der Waals surface area contributed by atoms with E-state index in [1.807, 2.05) is 12.3 Å². The average Bonchev–Trinajstić information content (AvgIpc) is 3.03. The fraction of sp³-hybridized carbons (Fsp3) is 0.808. The van der Waals surface area contributed by atoms with Crippen LogP contribution in [-0.4, -0.2) is 70.6 Å². The first-order valence-corrected chi connectivity index (χ1v) is 13.6. The fourth-order valence-corrected chi connectivity index (χ4v) is 5.90. The van der Waals surface area contributed by atoms with Crippen LogP contribution < -0.4 is 21.3 Å². The molecule has 1 aliphatic carbocycles. The largest absolute Gasteiger partial charge is 0.356 e. The average molecular weight is 472 g/mol. The molecule has 3 fully saturated rings. The zero-order valence-electron chi connectivity index (χ0n) is 21.3. The van der Waals surface area contributed by atoms with E-state index in [1.54, 1.807) is 13.8 Å². The van der Waals surface area contributed by atoms with Gasteiger partial charge in [0, 0.05) is 50.5 Å². The van der Waals surface area contributed by atoms with Crippen LogP contribution in [0.4, 0.5) is 11.8 Å². The third-order valence-corrected chi connectivity index (χ3v) is 7.83. The van der Waals surface area contributed by atoms with Gasteiger partial charge in [0.25, 0.3) is 0 Å². The first-order chi connectivity index (χ1) is 16.4. The van der Waals surface area contributed by atoms with Gasteiger partial charge in [0.1, 0.15) is 5.82 Å². The lowest BCUT2D eigenvalue weighted by molar-refractivity contribution is -0.125. The highest BCUT2D eigenvalue weighted by Gasteiger charge is 2.38. The summed E-state index contributed by atoms with van der Waals surface area (Å²) in [6.45, 7) is 7.40. The maximum Gasteiger partial charge on any atom is 0.239 e. The number of amides is 1. The van der Waals surface area contributed by atoms with Crippen molar-refractivity contribution in [3.63, 3.8) is 0 Å². The van der Waals surface area contributed by atoms with E-state index in [2.05, 4.69) is 25.4 Å². The maximum atomic E-state index is 12.3. The third kappa shape index (κ3) is 6.60. The van der Waals surface area contributed by atoms with E-state index in [0.29, 0.717) is 18.6 Å². The van der Waals surface area contributed by atoms with E-state index in [-0.39, 0.29) is 11.9 Å². The summed E-state index contributed by atoms with van der Waals surface area (Å²) in [7, 11) is 0. The Labute approximate surface area is 205 Å². The molecule has 1 aromatic rings. The van der Waals surface area contributed by atoms with Gasteiger partial charge in [-0.15, -0.1) is 0 Å². The van der Waals surface area contributed by atoms with Gasteiger partial charge in [0.05, 0.1) is 5.54 Å². The van der Waals surface area contributed by atoms with Crippen molar-refractivity contribution in [3.05, 3.63) is 12.3 Å². The molecule has 8 nitrogen and oxygen atoms in total. The Hall–Kier alpha value is -1.93. The Morgan fingerprint density at radius 2 is 1.76 bits per heavy atom. The molecule has 1 amide bonds. The fourth-order valence-electron chi connectivity index (χ4n) is 5.90. The smallest absolute Gasteiger partial charge is 0.239 e. The number of nitrogens with two attached hydrogens (primary N) is 1. The molecule has 0 aromatic carbocycles. The molecule has 3 heterocycles. The van der Waals surface area contributed by atoms with Crippen LogP contribution in [-0.2, 0) is 4.79 Å². The lowest BCUT2D eigenvalue weighted by Crippen LogP contribution is -2.51. The van der Waals surface area contributed by atoms with Gasteiger partial charge >= 0.3 is 0 Å². The van der Waals surface area contributed by atoms with Crippen LogP contribution >= 0.6 is 0 Å². The minimum Gasteiger partial charge on any atom is -0.356 e. The van der Waals surface area contributed by atoms with Gasteiger partial charge in [-0.2, -0.15) is 4.98 Å². The van der Waals surface area contributed by atoms with Gasteiger partial charge in [-0.25, -0.2) is 4.98 Å². The highest BCUT2D eigenvalue weighted by Crippen LogP contribution is 2.32. The summed E-state index contributed by atoms with van der Waals surface area (Å²) >= 11 is 0. The number of anilines is 2. The van der Waals surface area contributed by atoms with Gasteiger partial charge in [0.2, 0.25) is 11.9 Å². The van der Waals surface area contributed by atoms with E-state index in [0.717, 1.165) is 44.2 Å². The van der Waals surface area contributed by atoms with Crippen LogP contribution in [0.1, 0.15) is 84.5 Å². The van der Waals surface area contributed by atoms with Crippen molar-refractivity contribution in [1.29, 1.82) is 0 Å². The molecule has 2 saturated heterocycles. The second-order valence-corrected chi connectivity index (χ2v) is 11.0. The molecule has 8 heteroatoms. The van der Waals surface area contributed by atoms with Crippen LogP contribution in [0.5, 0.6) is 0 Å². The summed E-state index contributed by atoms with van der Waals surface area (Å²) in [5.41, 5.74) is 5.13. The van der Waals surface area contributed by atoms with Crippen molar-refractivity contribution in [2.24, 2.45) is 5.73 Å². The van der Waals surface area contributed by atoms with E-state index in [9.17, 15) is 4.79 Å². The van der Waals surface area contributed by atoms with Crippen molar-refractivity contribution >= 4 is 17.7 Å². The van der Waals surface area contributed by atoms with Crippen LogP contribution in [0.3, 0.4) is 0 Å². The zero-order chi connectivity index (χ0) is 24.0. The van der Waals surface area contributed by atoms with E-state index in [1.165, 1.54) is 57.8 Å². The quantitative estimate of drug-likeness (QED) is 0.535. The molecular formula is C26H45N7O. The van der Waals surface area contributed by atoms with Crippen molar-refractivity contribution in [2.45, 2.75) is 108 Å². The second-order valence-electron chi connectivity index (χ2n) is 11.0. The number of rotatable bonds is 8. The van der Waals surface area contributed by atoms with Crippen molar-refractivity contribution in [2.75, 3.05) is 36.4 Å². The number of likely N-dealkylation sites (tertiary alicyclic amines) is 1. The molecule has 0 bridgehead atoms. The summed E-state index contributed by atoms with van der Waals surface area (Å²) < 4.78 is 0. The van der Waals surface area contributed by atoms with Gasteiger partial charge in [-0.3, -0.25) is 9.69 Å². The van der Waals surface area contributed by atoms with Crippen LogP contribution in [0, 0.1) is 0 Å². The van der Waals surface area contributed by atoms with Crippen LogP contribution in [0.15, 0.2) is 12.3 Å². The normalized spacial score (nSPS) is 25.2. The first-order valence-electron chi connectivity index (χ1n) is 13.6. The van der Waals surface area contributed by atoms with Gasteiger partial charge in [-0.1, -0.05) is 32.1 Å². The molecule has 0 unspecified atom stereocenters. The molecule has 4 N–H and O–H groups in total. The highest BCUT2D eigenvalue weighted by molar-refractivity contribution is 5.84. The summed E-state index contributed by atoms with van der Waals surface area (Å²) in [4.78, 5) is 26.9. The minimum atomic E-state index is -0.849. The first kappa shape index (κ1) is 25.2. The Bertz CT molecular complexity index is 782. The number of nitrogens with zero attached hydrogens (tertiary/aromatic N) is 4. The minimum absolute atomic E-state index is 0.0901. The van der Waals surface area contributed by atoms with Crippen molar-refractivity contribution < 1.29 is 4.79 Å². The van der Waals surface area contributed by atoms with E-state index >= 15 is 0 Å². The van der Waals surface area contributed by atoms with Crippen molar-refractivity contribution in [1.82, 2.24) is 20.2 Å². The summed E-state index contributed by atoms with van der Waals surface area (Å²) in [5, 5.41) is 6.75. The number of aromatic nitrogens is 2. The van der Waals surface area contributed by atoms with Crippen LogP contribution in [0.25, 0.3) is 0 Å². The number of nitrogens with one attached hydrogen (secondary N) is 2. The Balaban J connectivity index is 1.43. The molecule has 3 aliphatic rings. The lowest BCUT2D eigenvalue weighted by Gasteiger charge is -2.37. The summed E-state index contributed by atoms with van der Waals surface area (Å²) in [6, 6.07) is 3.33. The molecular weight excluding hydrogens is 426 g/mol. The molecule has 2 atom stereocenters. The Morgan fingerprint density at radius 1 is 1.06 bits per heavy atom. The predicted molar refractivity (Wildman–Crippen MR) is 138 cm³/mol. The molecule has 1 aromatic heterocycles. The number of hydrogen-bond acceptors (Lipinski definition) is 7. The van der Waals surface area contributed by atoms with Crippen molar-refractivity contribution in [3.8, 4) is 0 Å². The highest BCUT2D eigenvalue weighted by atomic mass is 16.2. The standard InChI is InChI=1S/C26H45N7O/c1-26(2,27)24(34)28-15-12-22-21(14-19-33(22)20-10-6-5-7-11-20)30-25-29-16-13-23(31-25)32-17-8-3-4-9-18-32/h13,16,20-22H,3-12,14-15,17-19,27H2,1-2H3,(H,28,34)(H,29,30,31)/t21-,22+/m0/s1. The molecule has 4 rings (SSSR count). The number of carbonyl (C=O) groups is 1. The number of hydrogen-bond donors (Lipinski definition) is 3. The molecule has 0 spiro atoms. The molecule has 190 valence electrons. The lowest BCUT2D eigenvalue weighted by atomic mass is 9.93. The van der Waals surface area contributed by atoms with E-state index < -0.39 is 5.54 Å². The maximum absolute atomic E-state index is 12.3. The number of carbonyl (C=O) groups excluding carboxylic acids is 1. The summed E-state index contributed by atoms with van der Waals surface area (Å²) in [6.07, 6.45) is 15.5. The van der Waals surface area contributed by atoms with Gasteiger partial charge in [-0.05, 0) is 58.4 Å². The molecule has 1 saturated carbocycles. The third-order valence-electron chi connectivity index (χ3n) is 7.83. The second kappa shape index (κ2) is 11.7. The Kier molecular flexibility index (Phi) is 8.64. The van der Waals surface area contributed by atoms with Crippen LogP contribution in [0.2, 0.25) is 0 Å². The molecule has 2 aliphatic heterocycles. The van der Waals surface area contributed by atoms with E-state index in [4.69, 9.17) is 10.7 Å². The monoisotopic (exact) mass is 471 g/mol. The van der Waals surface area contributed by atoms with Gasteiger partial charge < -0.3 is 21.3 Å². The van der Waals surface area contributed by atoms with Gasteiger partial charge in [0.15, 0.2) is 0 Å². The topological polar surface area (TPSA) is 99.4 Å². The Morgan fingerprint density at radius 3 is 2.47 bits per heavy atom. The predicted octanol–water partition coefficient (Wildman–Crippen LogP) is 3.29.